The molecule has 0 aliphatic carbocycles. The van der Waals surface area contributed by atoms with Crippen molar-refractivity contribution < 1.29 is 9.53 Å². The van der Waals surface area contributed by atoms with E-state index >= 15 is 0 Å². The topological polar surface area (TPSA) is 64.3 Å². The zero-order chi connectivity index (χ0) is 13.4. The third-order valence-corrected chi connectivity index (χ3v) is 2.71. The second-order valence-electron chi connectivity index (χ2n) is 3.67. The normalized spacial score (nSPS) is 9.63. The molecule has 0 saturated carbocycles. The minimum absolute atomic E-state index is 0. The highest BCUT2D eigenvalue weighted by molar-refractivity contribution is 6.35. The fraction of sp³-hybridized carbons (Fsp3) is 0.417. The molecule has 7 heteroatoms. The standard InChI is InChI=1S/C12H16Cl2N2O2.ClH/c13-9-2-3-11(10(14)8-9)18-7-4-12(17)16-6-1-5-15;/h2-3,8H,1,4-7,15H2,(H,16,17);1H. The van der Waals surface area contributed by atoms with E-state index in [1.54, 1.807) is 18.2 Å². The maximum Gasteiger partial charge on any atom is 0.223 e. The van der Waals surface area contributed by atoms with Crippen LogP contribution in [0.1, 0.15) is 12.8 Å². The number of carbonyl (C=O) groups excluding carboxylic acids is 1. The van der Waals surface area contributed by atoms with Crippen LogP contribution in [0.3, 0.4) is 0 Å². The molecule has 0 spiro atoms. The lowest BCUT2D eigenvalue weighted by atomic mass is 10.3. The van der Waals surface area contributed by atoms with Crippen molar-refractivity contribution in [2.75, 3.05) is 19.7 Å². The molecule has 1 aromatic carbocycles. The maximum absolute atomic E-state index is 11.4. The van der Waals surface area contributed by atoms with Gasteiger partial charge in [-0.05, 0) is 31.2 Å². The molecule has 4 nitrogen and oxygen atoms in total. The summed E-state index contributed by atoms with van der Waals surface area (Å²) < 4.78 is 5.39. The van der Waals surface area contributed by atoms with Gasteiger partial charge in [-0.25, -0.2) is 0 Å². The molecular formula is C12H17Cl3N2O2. The Kier molecular flexibility index (Phi) is 9.79. The van der Waals surface area contributed by atoms with Gasteiger partial charge in [-0.15, -0.1) is 12.4 Å². The average molecular weight is 328 g/mol. The molecule has 0 heterocycles. The van der Waals surface area contributed by atoms with E-state index in [2.05, 4.69) is 5.32 Å². The minimum atomic E-state index is -0.0615. The van der Waals surface area contributed by atoms with Crippen LogP contribution in [-0.2, 0) is 4.79 Å². The minimum Gasteiger partial charge on any atom is -0.491 e. The van der Waals surface area contributed by atoms with Crippen molar-refractivity contribution in [2.24, 2.45) is 5.73 Å². The van der Waals surface area contributed by atoms with Crippen LogP contribution in [-0.4, -0.2) is 25.6 Å². The lowest BCUT2D eigenvalue weighted by molar-refractivity contribution is -0.121. The Hall–Kier alpha value is -0.680. The van der Waals surface area contributed by atoms with Gasteiger partial charge in [0, 0.05) is 11.6 Å². The monoisotopic (exact) mass is 326 g/mol. The number of rotatable bonds is 7. The van der Waals surface area contributed by atoms with Gasteiger partial charge in [0.1, 0.15) is 5.75 Å². The Labute approximate surface area is 129 Å². The predicted molar refractivity (Wildman–Crippen MR) is 80.5 cm³/mol. The molecule has 1 aromatic rings. The Morgan fingerprint density at radius 1 is 1.37 bits per heavy atom. The number of nitrogens with one attached hydrogen (secondary N) is 1. The highest BCUT2D eigenvalue weighted by Gasteiger charge is 2.04. The number of amides is 1. The Balaban J connectivity index is 0.00000324. The van der Waals surface area contributed by atoms with E-state index in [-0.39, 0.29) is 31.3 Å². The Morgan fingerprint density at radius 3 is 2.74 bits per heavy atom. The molecule has 0 aromatic heterocycles. The maximum atomic E-state index is 11.4. The highest BCUT2D eigenvalue weighted by atomic mass is 35.5. The number of ether oxygens (including phenoxy) is 1. The average Bonchev–Trinajstić information content (AvgIpc) is 2.32. The summed E-state index contributed by atoms with van der Waals surface area (Å²) in [6.45, 7) is 1.43. The first-order chi connectivity index (χ1) is 8.63. The van der Waals surface area contributed by atoms with Crippen LogP contribution in [0.5, 0.6) is 5.75 Å². The molecular weight excluding hydrogens is 311 g/mol. The van der Waals surface area contributed by atoms with Crippen molar-refractivity contribution in [3.63, 3.8) is 0 Å². The fourth-order valence-electron chi connectivity index (χ4n) is 1.26. The molecule has 0 unspecified atom stereocenters. The molecule has 3 N–H and O–H groups in total. The quantitative estimate of drug-likeness (QED) is 0.757. The van der Waals surface area contributed by atoms with E-state index in [1.165, 1.54) is 0 Å². The van der Waals surface area contributed by atoms with Crippen molar-refractivity contribution in [1.29, 1.82) is 0 Å². The van der Waals surface area contributed by atoms with Crippen LogP contribution in [0.2, 0.25) is 10.0 Å². The first-order valence-electron chi connectivity index (χ1n) is 5.68. The summed E-state index contributed by atoms with van der Waals surface area (Å²) in [4.78, 5) is 11.4. The smallest absolute Gasteiger partial charge is 0.223 e. The van der Waals surface area contributed by atoms with E-state index in [0.29, 0.717) is 28.9 Å². The van der Waals surface area contributed by atoms with Crippen molar-refractivity contribution in [3.8, 4) is 5.75 Å². The summed E-state index contributed by atoms with van der Waals surface area (Å²) in [7, 11) is 0. The number of carbonyl (C=O) groups is 1. The van der Waals surface area contributed by atoms with Gasteiger partial charge in [0.25, 0.3) is 0 Å². The van der Waals surface area contributed by atoms with Gasteiger partial charge < -0.3 is 15.8 Å². The molecule has 0 atom stereocenters. The predicted octanol–water partition coefficient (Wildman–Crippen LogP) is 2.65. The zero-order valence-electron chi connectivity index (χ0n) is 10.3. The number of benzene rings is 1. The number of hydrogen-bond acceptors (Lipinski definition) is 3. The second kappa shape index (κ2) is 10.1. The van der Waals surface area contributed by atoms with Gasteiger partial charge in [-0.1, -0.05) is 23.2 Å². The van der Waals surface area contributed by atoms with Gasteiger partial charge in [-0.2, -0.15) is 0 Å². The van der Waals surface area contributed by atoms with E-state index in [4.69, 9.17) is 33.7 Å². The molecule has 1 amide bonds. The molecule has 0 radical (unpaired) electrons. The van der Waals surface area contributed by atoms with Crippen LogP contribution >= 0.6 is 35.6 Å². The first-order valence-corrected chi connectivity index (χ1v) is 6.43. The molecule has 0 aliphatic rings. The van der Waals surface area contributed by atoms with Crippen LogP contribution in [0, 0.1) is 0 Å². The molecule has 1 rings (SSSR count). The van der Waals surface area contributed by atoms with Crippen molar-refractivity contribution in [3.05, 3.63) is 28.2 Å². The highest BCUT2D eigenvalue weighted by Crippen LogP contribution is 2.27. The summed E-state index contributed by atoms with van der Waals surface area (Å²) in [5, 5.41) is 3.72. The number of nitrogens with two attached hydrogens (primary N) is 1. The second-order valence-corrected chi connectivity index (χ2v) is 4.51. The Morgan fingerprint density at radius 2 is 2.11 bits per heavy atom. The summed E-state index contributed by atoms with van der Waals surface area (Å²) in [5.41, 5.74) is 5.32. The summed E-state index contributed by atoms with van der Waals surface area (Å²) >= 11 is 11.7. The van der Waals surface area contributed by atoms with Gasteiger partial charge in [0.2, 0.25) is 5.91 Å². The SMILES string of the molecule is Cl.NCCCNC(=O)CCOc1ccc(Cl)cc1Cl. The van der Waals surface area contributed by atoms with Gasteiger partial charge in [0.05, 0.1) is 18.1 Å². The van der Waals surface area contributed by atoms with Crippen molar-refractivity contribution in [1.82, 2.24) is 5.32 Å². The Bertz CT molecular complexity index is 403. The van der Waals surface area contributed by atoms with Crippen molar-refractivity contribution >= 4 is 41.5 Å². The van der Waals surface area contributed by atoms with E-state index in [9.17, 15) is 4.79 Å². The lowest BCUT2D eigenvalue weighted by Crippen LogP contribution is -2.27. The van der Waals surface area contributed by atoms with Crippen LogP contribution in [0.4, 0.5) is 0 Å². The first kappa shape index (κ1) is 18.3. The number of halogens is 3. The molecule has 0 saturated heterocycles. The fourth-order valence-corrected chi connectivity index (χ4v) is 1.73. The van der Waals surface area contributed by atoms with Gasteiger partial charge >= 0.3 is 0 Å². The molecule has 19 heavy (non-hydrogen) atoms. The van der Waals surface area contributed by atoms with Gasteiger partial charge in [0.15, 0.2) is 0 Å². The molecule has 0 bridgehead atoms. The lowest BCUT2D eigenvalue weighted by Gasteiger charge is -2.08. The van der Waals surface area contributed by atoms with E-state index in [0.717, 1.165) is 6.42 Å². The largest absolute Gasteiger partial charge is 0.491 e. The third-order valence-electron chi connectivity index (χ3n) is 2.18. The van der Waals surface area contributed by atoms with E-state index in [1.807, 2.05) is 0 Å². The summed E-state index contributed by atoms with van der Waals surface area (Å²) in [6, 6.07) is 4.96. The van der Waals surface area contributed by atoms with Crippen LogP contribution in [0.25, 0.3) is 0 Å². The molecule has 0 aliphatic heterocycles. The van der Waals surface area contributed by atoms with Gasteiger partial charge in [-0.3, -0.25) is 4.79 Å². The summed E-state index contributed by atoms with van der Waals surface area (Å²) in [5.74, 6) is 0.462. The zero-order valence-corrected chi connectivity index (χ0v) is 12.7. The van der Waals surface area contributed by atoms with Crippen LogP contribution < -0.4 is 15.8 Å². The third kappa shape index (κ3) is 7.47. The van der Waals surface area contributed by atoms with Crippen molar-refractivity contribution in [2.45, 2.75) is 12.8 Å². The molecule has 108 valence electrons. The molecule has 0 fully saturated rings. The van der Waals surface area contributed by atoms with E-state index < -0.39 is 0 Å². The summed E-state index contributed by atoms with van der Waals surface area (Å²) in [6.07, 6.45) is 1.05. The van der Waals surface area contributed by atoms with Crippen LogP contribution in [0.15, 0.2) is 18.2 Å². The number of hydrogen-bond donors (Lipinski definition) is 2.